The van der Waals surface area contributed by atoms with Crippen molar-refractivity contribution in [2.45, 2.75) is 26.1 Å². The lowest BCUT2D eigenvalue weighted by molar-refractivity contribution is -0.137. The van der Waals surface area contributed by atoms with Crippen molar-refractivity contribution in [1.82, 2.24) is 20.1 Å². The van der Waals surface area contributed by atoms with Gasteiger partial charge >= 0.3 is 6.18 Å². The Balaban J connectivity index is 2.32. The van der Waals surface area contributed by atoms with E-state index in [-0.39, 0.29) is 5.82 Å². The second-order valence-corrected chi connectivity index (χ2v) is 4.48. The Bertz CT molecular complexity index is 606. The van der Waals surface area contributed by atoms with Crippen LogP contribution < -0.4 is 5.32 Å². The molecule has 21 heavy (non-hydrogen) atoms. The summed E-state index contributed by atoms with van der Waals surface area (Å²) in [4.78, 5) is 3.84. The van der Waals surface area contributed by atoms with Gasteiger partial charge in [-0.05, 0) is 19.0 Å². The van der Waals surface area contributed by atoms with E-state index in [0.717, 1.165) is 23.5 Å². The number of nitrogens with one attached hydrogen (secondary N) is 1. The van der Waals surface area contributed by atoms with Gasteiger partial charge in [0.25, 0.3) is 0 Å². The zero-order valence-corrected chi connectivity index (χ0v) is 11.3. The van der Waals surface area contributed by atoms with E-state index in [1.54, 1.807) is 0 Å². The molecule has 0 saturated heterocycles. The van der Waals surface area contributed by atoms with Gasteiger partial charge in [-0.15, -0.1) is 0 Å². The lowest BCUT2D eigenvalue weighted by Gasteiger charge is -2.09. The van der Waals surface area contributed by atoms with E-state index in [1.165, 1.54) is 6.07 Å². The molecule has 0 spiro atoms. The number of halogens is 4. The van der Waals surface area contributed by atoms with Crippen molar-refractivity contribution in [1.29, 1.82) is 0 Å². The van der Waals surface area contributed by atoms with Crippen LogP contribution in [0.25, 0.3) is 5.82 Å². The van der Waals surface area contributed by atoms with E-state index in [0.29, 0.717) is 24.8 Å². The van der Waals surface area contributed by atoms with Crippen molar-refractivity contribution in [3.05, 3.63) is 41.6 Å². The molecular weight excluding hydrogens is 288 g/mol. The van der Waals surface area contributed by atoms with Gasteiger partial charge in [0, 0.05) is 18.3 Å². The summed E-state index contributed by atoms with van der Waals surface area (Å²) < 4.78 is 52.0. The number of pyridine rings is 1. The maximum atomic E-state index is 13.3. The first kappa shape index (κ1) is 15.4. The van der Waals surface area contributed by atoms with Gasteiger partial charge in [-0.1, -0.05) is 6.92 Å². The third kappa shape index (κ3) is 3.78. The number of alkyl halides is 3. The highest BCUT2D eigenvalue weighted by molar-refractivity contribution is 5.34. The molecule has 0 saturated carbocycles. The average Bonchev–Trinajstić information content (AvgIpc) is 2.88. The minimum absolute atomic E-state index is 0.176. The predicted molar refractivity (Wildman–Crippen MR) is 68.3 cm³/mol. The molecule has 2 rings (SSSR count). The van der Waals surface area contributed by atoms with Crippen LogP contribution in [-0.4, -0.2) is 21.3 Å². The van der Waals surface area contributed by atoms with Gasteiger partial charge in [0.05, 0.1) is 18.0 Å². The Kier molecular flexibility index (Phi) is 4.56. The van der Waals surface area contributed by atoms with Crippen molar-refractivity contribution >= 4 is 0 Å². The third-order valence-corrected chi connectivity index (χ3v) is 2.78. The first-order valence-electron chi connectivity index (χ1n) is 6.39. The highest BCUT2D eigenvalue weighted by atomic mass is 19.4. The molecule has 114 valence electrons. The summed E-state index contributed by atoms with van der Waals surface area (Å²) >= 11 is 0. The van der Waals surface area contributed by atoms with Crippen molar-refractivity contribution in [3.8, 4) is 5.82 Å². The number of hydrogen-bond acceptors (Lipinski definition) is 3. The van der Waals surface area contributed by atoms with Crippen molar-refractivity contribution < 1.29 is 17.6 Å². The quantitative estimate of drug-likeness (QED) is 0.682. The van der Waals surface area contributed by atoms with Gasteiger partial charge in [-0.3, -0.25) is 0 Å². The molecule has 0 aromatic carbocycles. The first-order valence-corrected chi connectivity index (χ1v) is 6.39. The Morgan fingerprint density at radius 2 is 2.05 bits per heavy atom. The fourth-order valence-electron chi connectivity index (χ4n) is 1.80. The molecule has 0 aliphatic rings. The summed E-state index contributed by atoms with van der Waals surface area (Å²) in [5.41, 5.74) is -0.429. The molecule has 0 radical (unpaired) electrons. The summed E-state index contributed by atoms with van der Waals surface area (Å²) in [5.74, 6) is -0.370. The van der Waals surface area contributed by atoms with Gasteiger partial charge in [0.2, 0.25) is 0 Å². The topological polar surface area (TPSA) is 42.7 Å². The molecule has 0 atom stereocenters. The van der Waals surface area contributed by atoms with Crippen LogP contribution in [-0.2, 0) is 12.7 Å². The van der Waals surface area contributed by atoms with E-state index in [9.17, 15) is 17.6 Å². The number of hydrogen-bond donors (Lipinski definition) is 1. The fourth-order valence-corrected chi connectivity index (χ4v) is 1.80. The van der Waals surface area contributed by atoms with Crippen LogP contribution in [0.1, 0.15) is 24.5 Å². The standard InChI is InChI=1S/C13H14F4N4/c1-2-3-18-5-9-4-11(14)7-19-12(9)21-8-10(6-20-21)13(15,16)17/h4,6-8,18H,2-3,5H2,1H3. The average molecular weight is 302 g/mol. The van der Waals surface area contributed by atoms with Crippen LogP contribution in [0.5, 0.6) is 0 Å². The van der Waals surface area contributed by atoms with Crippen LogP contribution in [0.3, 0.4) is 0 Å². The fraction of sp³-hybridized carbons (Fsp3) is 0.385. The maximum absolute atomic E-state index is 13.3. The van der Waals surface area contributed by atoms with Crippen molar-refractivity contribution in [3.63, 3.8) is 0 Å². The zero-order valence-electron chi connectivity index (χ0n) is 11.3. The molecule has 2 aromatic rings. The molecule has 0 amide bonds. The second-order valence-electron chi connectivity index (χ2n) is 4.48. The summed E-state index contributed by atoms with van der Waals surface area (Å²) in [7, 11) is 0. The largest absolute Gasteiger partial charge is 0.419 e. The second kappa shape index (κ2) is 6.21. The van der Waals surface area contributed by atoms with Gasteiger partial charge in [0.1, 0.15) is 5.82 Å². The molecule has 2 aromatic heterocycles. The molecule has 0 unspecified atom stereocenters. The number of aromatic nitrogens is 3. The van der Waals surface area contributed by atoms with E-state index in [1.807, 2.05) is 6.92 Å². The highest BCUT2D eigenvalue weighted by Crippen LogP contribution is 2.29. The molecule has 0 bridgehead atoms. The Morgan fingerprint density at radius 1 is 1.29 bits per heavy atom. The van der Waals surface area contributed by atoms with Gasteiger partial charge in [0.15, 0.2) is 5.82 Å². The lowest BCUT2D eigenvalue weighted by Crippen LogP contribution is -2.16. The number of nitrogens with zero attached hydrogens (tertiary/aromatic N) is 3. The van der Waals surface area contributed by atoms with Gasteiger partial charge in [-0.2, -0.15) is 18.3 Å². The van der Waals surface area contributed by atoms with Crippen LogP contribution >= 0.6 is 0 Å². The predicted octanol–water partition coefficient (Wildman–Crippen LogP) is 2.92. The smallest absolute Gasteiger partial charge is 0.313 e. The molecular formula is C13H14F4N4. The molecule has 2 heterocycles. The molecule has 0 aliphatic heterocycles. The van der Waals surface area contributed by atoms with E-state index in [2.05, 4.69) is 15.4 Å². The first-order chi connectivity index (χ1) is 9.91. The van der Waals surface area contributed by atoms with Gasteiger partial charge < -0.3 is 5.32 Å². The third-order valence-electron chi connectivity index (χ3n) is 2.78. The molecule has 8 heteroatoms. The monoisotopic (exact) mass is 302 g/mol. The SMILES string of the molecule is CCCNCc1cc(F)cnc1-n1cc(C(F)(F)F)cn1. The van der Waals surface area contributed by atoms with Crippen molar-refractivity contribution in [2.75, 3.05) is 6.54 Å². The molecule has 0 aliphatic carbocycles. The molecule has 1 N–H and O–H groups in total. The Labute approximate surface area is 118 Å². The summed E-state index contributed by atoms with van der Waals surface area (Å²) in [5, 5.41) is 6.71. The lowest BCUT2D eigenvalue weighted by atomic mass is 10.2. The Morgan fingerprint density at radius 3 is 2.67 bits per heavy atom. The Hall–Kier alpha value is -1.96. The number of rotatable bonds is 5. The summed E-state index contributed by atoms with van der Waals surface area (Å²) in [6, 6.07) is 1.24. The minimum Gasteiger partial charge on any atom is -0.313 e. The van der Waals surface area contributed by atoms with Crippen LogP contribution in [0.15, 0.2) is 24.7 Å². The minimum atomic E-state index is -4.47. The van der Waals surface area contributed by atoms with Crippen LogP contribution in [0.4, 0.5) is 17.6 Å². The van der Waals surface area contributed by atoms with E-state index in [4.69, 9.17) is 0 Å². The summed E-state index contributed by atoms with van der Waals surface area (Å²) in [6.45, 7) is 2.98. The van der Waals surface area contributed by atoms with E-state index < -0.39 is 17.6 Å². The van der Waals surface area contributed by atoms with E-state index >= 15 is 0 Å². The molecule has 0 fully saturated rings. The molecule has 4 nitrogen and oxygen atoms in total. The van der Waals surface area contributed by atoms with Gasteiger partial charge in [-0.25, -0.2) is 14.1 Å². The van der Waals surface area contributed by atoms with Crippen LogP contribution in [0, 0.1) is 5.82 Å². The summed E-state index contributed by atoms with van der Waals surface area (Å²) in [6.07, 6.45) is -1.08. The zero-order chi connectivity index (χ0) is 15.5. The van der Waals surface area contributed by atoms with Crippen LogP contribution in [0.2, 0.25) is 0 Å². The van der Waals surface area contributed by atoms with Crippen molar-refractivity contribution in [2.24, 2.45) is 0 Å². The normalized spacial score (nSPS) is 11.9. The highest BCUT2D eigenvalue weighted by Gasteiger charge is 2.32. The maximum Gasteiger partial charge on any atom is 0.419 e.